The van der Waals surface area contributed by atoms with E-state index >= 15 is 0 Å². The van der Waals surface area contributed by atoms with Gasteiger partial charge in [-0.3, -0.25) is 4.79 Å². The maximum absolute atomic E-state index is 12.6. The van der Waals surface area contributed by atoms with Gasteiger partial charge >= 0.3 is 0 Å². The van der Waals surface area contributed by atoms with Crippen LogP contribution in [0.3, 0.4) is 0 Å². The highest BCUT2D eigenvalue weighted by Crippen LogP contribution is 2.33. The number of amides is 1. The van der Waals surface area contributed by atoms with Gasteiger partial charge in [-0.25, -0.2) is 0 Å². The molecule has 1 aliphatic heterocycles. The molecule has 0 radical (unpaired) electrons. The van der Waals surface area contributed by atoms with Crippen molar-refractivity contribution in [2.75, 3.05) is 40.3 Å². The zero-order chi connectivity index (χ0) is 19.5. The van der Waals surface area contributed by atoms with E-state index in [1.165, 1.54) is 0 Å². The number of carbonyl (C=O) groups is 1. The van der Waals surface area contributed by atoms with E-state index in [9.17, 15) is 4.79 Å². The van der Waals surface area contributed by atoms with E-state index in [1.54, 1.807) is 18.1 Å². The number of rotatable bonds is 5. The van der Waals surface area contributed by atoms with Crippen molar-refractivity contribution in [3.63, 3.8) is 0 Å². The van der Waals surface area contributed by atoms with Crippen LogP contribution in [-0.4, -0.2) is 61.2 Å². The van der Waals surface area contributed by atoms with Gasteiger partial charge in [-0.15, -0.1) is 0 Å². The largest absolute Gasteiger partial charge is 0.496 e. The Morgan fingerprint density at radius 3 is 2.46 bits per heavy atom. The third-order valence-corrected chi connectivity index (χ3v) is 5.00. The van der Waals surface area contributed by atoms with Gasteiger partial charge in [0.25, 0.3) is 5.91 Å². The van der Waals surface area contributed by atoms with Crippen LogP contribution in [0.5, 0.6) is 11.5 Å². The van der Waals surface area contributed by atoms with Crippen LogP contribution in [0.2, 0.25) is 0 Å². The van der Waals surface area contributed by atoms with E-state index in [0.29, 0.717) is 24.5 Å². The lowest BCUT2D eigenvalue weighted by atomic mass is 10.1. The average Bonchev–Trinajstić information content (AvgIpc) is 3.21. The second kappa shape index (κ2) is 7.90. The number of hydrogen-bond donors (Lipinski definition) is 0. The molecular formula is C21H23N3O4. The predicted molar refractivity (Wildman–Crippen MR) is 105 cm³/mol. The standard InChI is InChI=1S/C21H23N3O4/c1-23-9-11-24(12-10-23)21(25)18-13-15(28-22-18)14-27-20-8-7-19(26-2)16-5-3-4-6-17(16)20/h3-8,13H,9-12,14H2,1-2H3. The van der Waals surface area contributed by atoms with Crippen molar-refractivity contribution in [1.29, 1.82) is 0 Å². The van der Waals surface area contributed by atoms with Crippen molar-refractivity contribution >= 4 is 16.7 Å². The fourth-order valence-corrected chi connectivity index (χ4v) is 3.35. The molecular weight excluding hydrogens is 358 g/mol. The van der Waals surface area contributed by atoms with E-state index < -0.39 is 0 Å². The highest BCUT2D eigenvalue weighted by atomic mass is 16.5. The Morgan fingerprint density at radius 1 is 1.07 bits per heavy atom. The first-order valence-corrected chi connectivity index (χ1v) is 9.27. The van der Waals surface area contributed by atoms with E-state index in [4.69, 9.17) is 14.0 Å². The summed E-state index contributed by atoms with van der Waals surface area (Å²) in [4.78, 5) is 16.6. The van der Waals surface area contributed by atoms with Crippen molar-refractivity contribution < 1.29 is 18.8 Å². The normalized spacial score (nSPS) is 15.0. The summed E-state index contributed by atoms with van der Waals surface area (Å²) in [6, 6.07) is 13.3. The summed E-state index contributed by atoms with van der Waals surface area (Å²) in [5, 5.41) is 5.86. The third kappa shape index (κ3) is 3.66. The molecule has 1 aromatic heterocycles. The van der Waals surface area contributed by atoms with Crippen LogP contribution in [0.15, 0.2) is 47.0 Å². The van der Waals surface area contributed by atoms with Crippen LogP contribution in [0.25, 0.3) is 10.8 Å². The summed E-state index contributed by atoms with van der Waals surface area (Å²) in [6.45, 7) is 3.32. The Morgan fingerprint density at radius 2 is 1.75 bits per heavy atom. The molecule has 0 aliphatic carbocycles. The van der Waals surface area contributed by atoms with Crippen LogP contribution in [0.1, 0.15) is 16.2 Å². The smallest absolute Gasteiger partial charge is 0.276 e. The van der Waals surface area contributed by atoms with Crippen molar-refractivity contribution in [2.45, 2.75) is 6.61 Å². The lowest BCUT2D eigenvalue weighted by Gasteiger charge is -2.31. The second-order valence-electron chi connectivity index (χ2n) is 6.87. The maximum atomic E-state index is 12.6. The molecule has 0 spiro atoms. The van der Waals surface area contributed by atoms with Gasteiger partial charge in [-0.1, -0.05) is 29.4 Å². The Balaban J connectivity index is 1.45. The van der Waals surface area contributed by atoms with Gasteiger partial charge in [-0.2, -0.15) is 0 Å². The topological polar surface area (TPSA) is 68.0 Å². The second-order valence-corrected chi connectivity index (χ2v) is 6.87. The van der Waals surface area contributed by atoms with Crippen molar-refractivity contribution in [2.24, 2.45) is 0 Å². The number of aromatic nitrogens is 1. The molecule has 0 saturated carbocycles. The van der Waals surface area contributed by atoms with Gasteiger partial charge < -0.3 is 23.8 Å². The van der Waals surface area contributed by atoms with Gasteiger partial charge in [0.05, 0.1) is 7.11 Å². The quantitative estimate of drug-likeness (QED) is 0.677. The Hall–Kier alpha value is -3.06. The first kappa shape index (κ1) is 18.3. The molecule has 7 heteroatoms. The number of fused-ring (bicyclic) bond motifs is 1. The van der Waals surface area contributed by atoms with Gasteiger partial charge in [0.1, 0.15) is 18.1 Å². The molecule has 28 heavy (non-hydrogen) atoms. The van der Waals surface area contributed by atoms with Crippen LogP contribution < -0.4 is 9.47 Å². The molecule has 1 fully saturated rings. The van der Waals surface area contributed by atoms with Crippen LogP contribution >= 0.6 is 0 Å². The number of piperazine rings is 1. The summed E-state index contributed by atoms with van der Waals surface area (Å²) in [6.07, 6.45) is 0. The fraction of sp³-hybridized carbons (Fsp3) is 0.333. The molecule has 2 aromatic carbocycles. The minimum atomic E-state index is -0.0991. The van der Waals surface area contributed by atoms with Crippen molar-refractivity contribution in [1.82, 2.24) is 15.0 Å². The van der Waals surface area contributed by atoms with E-state index in [2.05, 4.69) is 17.1 Å². The number of ether oxygens (including phenoxy) is 2. The Kier molecular flexibility index (Phi) is 5.16. The minimum absolute atomic E-state index is 0.0991. The summed E-state index contributed by atoms with van der Waals surface area (Å²) >= 11 is 0. The molecule has 4 rings (SSSR count). The first-order valence-electron chi connectivity index (χ1n) is 9.27. The Labute approximate surface area is 163 Å². The molecule has 1 aliphatic rings. The summed E-state index contributed by atoms with van der Waals surface area (Å²) in [5.41, 5.74) is 0.322. The molecule has 0 N–H and O–H groups in total. The monoisotopic (exact) mass is 381 g/mol. The molecule has 146 valence electrons. The Bertz CT molecular complexity index is 977. The van der Waals surface area contributed by atoms with Crippen LogP contribution in [0, 0.1) is 0 Å². The highest BCUT2D eigenvalue weighted by Gasteiger charge is 2.23. The maximum Gasteiger partial charge on any atom is 0.276 e. The summed E-state index contributed by atoms with van der Waals surface area (Å²) in [7, 11) is 3.70. The number of nitrogens with zero attached hydrogens (tertiary/aromatic N) is 3. The van der Waals surface area contributed by atoms with Crippen molar-refractivity contribution in [3.8, 4) is 11.5 Å². The number of likely N-dealkylation sites (N-methyl/N-ethyl adjacent to an activating group) is 1. The summed E-state index contributed by atoms with van der Waals surface area (Å²) < 4.78 is 16.7. The van der Waals surface area contributed by atoms with Gasteiger partial charge in [0.15, 0.2) is 11.5 Å². The number of hydrogen-bond acceptors (Lipinski definition) is 6. The molecule has 1 saturated heterocycles. The van der Waals surface area contributed by atoms with E-state index in [1.807, 2.05) is 36.4 Å². The molecule has 0 atom stereocenters. The average molecular weight is 381 g/mol. The van der Waals surface area contributed by atoms with Crippen molar-refractivity contribution in [3.05, 3.63) is 53.9 Å². The van der Waals surface area contributed by atoms with Gasteiger partial charge in [-0.05, 0) is 19.2 Å². The van der Waals surface area contributed by atoms with E-state index in [-0.39, 0.29) is 12.5 Å². The SMILES string of the molecule is COc1ccc(OCc2cc(C(=O)N3CCN(C)CC3)no2)c2ccccc12. The molecule has 1 amide bonds. The highest BCUT2D eigenvalue weighted by molar-refractivity contribution is 5.93. The first-order chi connectivity index (χ1) is 13.7. The van der Waals surface area contributed by atoms with Gasteiger partial charge in [0.2, 0.25) is 0 Å². The van der Waals surface area contributed by atoms with Crippen LogP contribution in [-0.2, 0) is 6.61 Å². The number of methoxy groups -OCH3 is 1. The van der Waals surface area contributed by atoms with Crippen LogP contribution in [0.4, 0.5) is 0 Å². The lowest BCUT2D eigenvalue weighted by Crippen LogP contribution is -2.47. The molecule has 3 aromatic rings. The lowest BCUT2D eigenvalue weighted by molar-refractivity contribution is 0.0653. The zero-order valence-corrected chi connectivity index (χ0v) is 16.1. The molecule has 2 heterocycles. The fourth-order valence-electron chi connectivity index (χ4n) is 3.35. The number of benzene rings is 2. The minimum Gasteiger partial charge on any atom is -0.496 e. The van der Waals surface area contributed by atoms with E-state index in [0.717, 1.165) is 35.4 Å². The number of carbonyl (C=O) groups excluding carboxylic acids is 1. The molecule has 0 bridgehead atoms. The van der Waals surface area contributed by atoms with Gasteiger partial charge in [0, 0.05) is 43.0 Å². The zero-order valence-electron chi connectivity index (χ0n) is 16.1. The molecule has 0 unspecified atom stereocenters. The summed E-state index contributed by atoms with van der Waals surface area (Å²) in [5.74, 6) is 1.93. The predicted octanol–water partition coefficient (Wildman–Crippen LogP) is 2.80. The molecule has 7 nitrogen and oxygen atoms in total. The third-order valence-electron chi connectivity index (χ3n) is 5.00.